The van der Waals surface area contributed by atoms with Gasteiger partial charge in [-0.3, -0.25) is 19.0 Å². The first-order chi connectivity index (χ1) is 9.99. The predicted molar refractivity (Wildman–Crippen MR) is 79.1 cm³/mol. The second kappa shape index (κ2) is 6.25. The van der Waals surface area contributed by atoms with E-state index in [0.717, 1.165) is 0 Å². The molecule has 2 aromatic rings. The van der Waals surface area contributed by atoms with Crippen molar-refractivity contribution in [1.82, 2.24) is 24.5 Å². The first-order valence-corrected chi connectivity index (χ1v) is 6.69. The van der Waals surface area contributed by atoms with E-state index >= 15 is 0 Å². The van der Waals surface area contributed by atoms with Gasteiger partial charge in [0, 0.05) is 19.3 Å². The molecule has 0 saturated heterocycles. The van der Waals surface area contributed by atoms with Gasteiger partial charge in [-0.25, -0.2) is 4.79 Å². The molecule has 0 unspecified atom stereocenters. The van der Waals surface area contributed by atoms with E-state index in [1.54, 1.807) is 17.1 Å². The molecule has 0 bridgehead atoms. The van der Waals surface area contributed by atoms with E-state index < -0.39 is 11.2 Å². The molecule has 0 spiro atoms. The Kier molecular flexibility index (Phi) is 4.41. The maximum absolute atomic E-state index is 11.8. The van der Waals surface area contributed by atoms with Crippen molar-refractivity contribution in [2.24, 2.45) is 5.92 Å². The number of nitrogens with one attached hydrogen (secondary N) is 2. The van der Waals surface area contributed by atoms with Crippen LogP contribution in [0.1, 0.15) is 13.8 Å². The van der Waals surface area contributed by atoms with Gasteiger partial charge in [-0.15, -0.1) is 5.10 Å². The van der Waals surface area contributed by atoms with Gasteiger partial charge < -0.3 is 11.1 Å². The smallest absolute Gasteiger partial charge is 0.330 e. The molecule has 114 valence electrons. The van der Waals surface area contributed by atoms with Gasteiger partial charge >= 0.3 is 5.69 Å². The molecule has 9 nitrogen and oxygen atoms in total. The van der Waals surface area contributed by atoms with Crippen LogP contribution in [-0.4, -0.2) is 31.1 Å². The third-order valence-electron chi connectivity index (χ3n) is 2.90. The van der Waals surface area contributed by atoms with Crippen LogP contribution in [-0.2, 0) is 13.1 Å². The van der Waals surface area contributed by atoms with Crippen molar-refractivity contribution in [3.05, 3.63) is 33.2 Å². The summed E-state index contributed by atoms with van der Waals surface area (Å²) >= 11 is 0. The number of rotatable bonds is 6. The predicted octanol–water partition coefficient (Wildman–Crippen LogP) is -0.522. The van der Waals surface area contributed by atoms with Gasteiger partial charge in [-0.1, -0.05) is 19.1 Å². The lowest BCUT2D eigenvalue weighted by atomic mass is 10.2. The summed E-state index contributed by atoms with van der Waals surface area (Å²) in [6, 6.07) is 0. The highest BCUT2D eigenvalue weighted by atomic mass is 16.2. The Hall–Kier alpha value is -2.58. The summed E-state index contributed by atoms with van der Waals surface area (Å²) in [5.74, 6) is 0.384. The molecule has 2 rings (SSSR count). The fourth-order valence-electron chi connectivity index (χ4n) is 1.95. The number of aromatic nitrogens is 5. The lowest BCUT2D eigenvalue weighted by Gasteiger charge is -2.15. The molecule has 2 heterocycles. The third kappa shape index (κ3) is 3.50. The summed E-state index contributed by atoms with van der Waals surface area (Å²) in [6.45, 7) is 5.35. The molecule has 0 radical (unpaired) electrons. The SMILES string of the molecule is CC(C)Cn1c(N)c(NCCn2ccnn2)c(=O)[nH]c1=O. The van der Waals surface area contributed by atoms with Crippen molar-refractivity contribution in [2.45, 2.75) is 26.9 Å². The van der Waals surface area contributed by atoms with Crippen LogP contribution in [0.2, 0.25) is 0 Å². The number of aromatic amines is 1. The van der Waals surface area contributed by atoms with Crippen molar-refractivity contribution in [3.63, 3.8) is 0 Å². The Bertz CT molecular complexity index is 699. The van der Waals surface area contributed by atoms with E-state index in [2.05, 4.69) is 20.6 Å². The second-order valence-electron chi connectivity index (χ2n) is 5.12. The lowest BCUT2D eigenvalue weighted by molar-refractivity contribution is 0.508. The summed E-state index contributed by atoms with van der Waals surface area (Å²) in [7, 11) is 0. The Morgan fingerprint density at radius 3 is 2.81 bits per heavy atom. The minimum Gasteiger partial charge on any atom is -0.383 e. The van der Waals surface area contributed by atoms with Gasteiger partial charge in [0.15, 0.2) is 0 Å². The minimum absolute atomic E-state index is 0.149. The van der Waals surface area contributed by atoms with Crippen LogP contribution in [0.4, 0.5) is 11.5 Å². The maximum atomic E-state index is 11.8. The molecule has 0 aliphatic carbocycles. The Labute approximate surface area is 120 Å². The number of nitrogens with zero attached hydrogens (tertiary/aromatic N) is 4. The fraction of sp³-hybridized carbons (Fsp3) is 0.500. The summed E-state index contributed by atoms with van der Waals surface area (Å²) in [6.07, 6.45) is 3.29. The number of H-pyrrole nitrogens is 1. The van der Waals surface area contributed by atoms with Gasteiger partial charge in [0.05, 0.1) is 12.7 Å². The van der Waals surface area contributed by atoms with Crippen LogP contribution in [0.25, 0.3) is 0 Å². The molecular formula is C12H19N7O2. The summed E-state index contributed by atoms with van der Waals surface area (Å²) in [5, 5.41) is 10.4. The highest BCUT2D eigenvalue weighted by Crippen LogP contribution is 2.11. The molecule has 0 fully saturated rings. The topological polar surface area (TPSA) is 124 Å². The zero-order chi connectivity index (χ0) is 15.4. The zero-order valence-corrected chi connectivity index (χ0v) is 12.0. The third-order valence-corrected chi connectivity index (χ3v) is 2.90. The van der Waals surface area contributed by atoms with E-state index in [-0.39, 0.29) is 17.4 Å². The Morgan fingerprint density at radius 2 is 2.19 bits per heavy atom. The van der Waals surface area contributed by atoms with Gasteiger partial charge in [0.2, 0.25) is 0 Å². The van der Waals surface area contributed by atoms with Crippen LogP contribution < -0.4 is 22.3 Å². The number of nitrogens with two attached hydrogens (primary N) is 1. The highest BCUT2D eigenvalue weighted by molar-refractivity contribution is 5.60. The molecule has 21 heavy (non-hydrogen) atoms. The van der Waals surface area contributed by atoms with Crippen LogP contribution in [0.15, 0.2) is 22.0 Å². The lowest BCUT2D eigenvalue weighted by Crippen LogP contribution is -2.35. The molecule has 0 aliphatic heterocycles. The van der Waals surface area contributed by atoms with E-state index in [0.29, 0.717) is 19.6 Å². The standard InChI is InChI=1S/C12H19N7O2/c1-8(2)7-19-10(13)9(11(20)16-12(19)21)14-3-5-18-6-4-15-17-18/h4,6,8,14H,3,5,7,13H2,1-2H3,(H,16,20,21). The van der Waals surface area contributed by atoms with Crippen LogP contribution >= 0.6 is 0 Å². The monoisotopic (exact) mass is 293 g/mol. The largest absolute Gasteiger partial charge is 0.383 e. The molecule has 9 heteroatoms. The van der Waals surface area contributed by atoms with Crippen LogP contribution in [0, 0.1) is 5.92 Å². The molecule has 0 amide bonds. The van der Waals surface area contributed by atoms with Gasteiger partial charge in [0.1, 0.15) is 11.5 Å². The second-order valence-corrected chi connectivity index (χ2v) is 5.12. The average molecular weight is 293 g/mol. The molecule has 0 aliphatic rings. The molecule has 4 N–H and O–H groups in total. The zero-order valence-electron chi connectivity index (χ0n) is 12.0. The van der Waals surface area contributed by atoms with Gasteiger partial charge in [-0.05, 0) is 5.92 Å². The number of hydrogen-bond acceptors (Lipinski definition) is 6. The van der Waals surface area contributed by atoms with Gasteiger partial charge in [0.25, 0.3) is 5.56 Å². The molecule has 2 aromatic heterocycles. The molecule has 0 saturated carbocycles. The summed E-state index contributed by atoms with van der Waals surface area (Å²) in [4.78, 5) is 25.9. The van der Waals surface area contributed by atoms with Crippen molar-refractivity contribution < 1.29 is 0 Å². The van der Waals surface area contributed by atoms with E-state index in [9.17, 15) is 9.59 Å². The number of anilines is 2. The minimum atomic E-state index is -0.518. The average Bonchev–Trinajstić information content (AvgIpc) is 2.91. The van der Waals surface area contributed by atoms with E-state index in [4.69, 9.17) is 5.73 Å². The van der Waals surface area contributed by atoms with Crippen LogP contribution in [0.3, 0.4) is 0 Å². The van der Waals surface area contributed by atoms with Crippen molar-refractivity contribution in [3.8, 4) is 0 Å². The summed E-state index contributed by atoms with van der Waals surface area (Å²) < 4.78 is 2.99. The Morgan fingerprint density at radius 1 is 1.43 bits per heavy atom. The first-order valence-electron chi connectivity index (χ1n) is 6.69. The highest BCUT2D eigenvalue weighted by Gasteiger charge is 2.12. The first kappa shape index (κ1) is 14.8. The van der Waals surface area contributed by atoms with Gasteiger partial charge in [-0.2, -0.15) is 0 Å². The maximum Gasteiger partial charge on any atom is 0.330 e. The van der Waals surface area contributed by atoms with E-state index in [1.807, 2.05) is 13.8 Å². The fourth-order valence-corrected chi connectivity index (χ4v) is 1.95. The Balaban J connectivity index is 2.18. The van der Waals surface area contributed by atoms with E-state index in [1.165, 1.54) is 4.57 Å². The summed E-state index contributed by atoms with van der Waals surface area (Å²) in [5.41, 5.74) is 5.13. The number of hydrogen-bond donors (Lipinski definition) is 3. The van der Waals surface area contributed by atoms with Crippen molar-refractivity contribution >= 4 is 11.5 Å². The number of nitrogen functional groups attached to an aromatic ring is 1. The van der Waals surface area contributed by atoms with Crippen molar-refractivity contribution in [2.75, 3.05) is 17.6 Å². The van der Waals surface area contributed by atoms with Crippen molar-refractivity contribution in [1.29, 1.82) is 0 Å². The quantitative estimate of drug-likeness (QED) is 0.658. The molecular weight excluding hydrogens is 274 g/mol. The molecule has 0 aromatic carbocycles. The molecule has 0 atom stereocenters. The van der Waals surface area contributed by atoms with Crippen LogP contribution in [0.5, 0.6) is 0 Å². The normalized spacial score (nSPS) is 11.0.